The maximum absolute atomic E-state index is 13.2. The van der Waals surface area contributed by atoms with Gasteiger partial charge in [-0.15, -0.1) is 0 Å². The Balaban J connectivity index is 1.28. The first-order valence-electron chi connectivity index (χ1n) is 10.8. The molecule has 3 amide bonds. The van der Waals surface area contributed by atoms with Crippen molar-refractivity contribution in [3.63, 3.8) is 0 Å². The lowest BCUT2D eigenvalue weighted by Crippen LogP contribution is -2.38. The van der Waals surface area contributed by atoms with Gasteiger partial charge in [-0.05, 0) is 43.5 Å². The first-order chi connectivity index (χ1) is 15.6. The Morgan fingerprint density at radius 1 is 1.09 bits per heavy atom. The fourth-order valence-corrected chi connectivity index (χ4v) is 5.21. The molecule has 1 fully saturated rings. The normalized spacial score (nSPS) is 17.9. The minimum atomic E-state index is -0.291. The summed E-state index contributed by atoms with van der Waals surface area (Å²) in [5.41, 5.74) is 1.72. The highest BCUT2D eigenvalue weighted by Gasteiger charge is 2.35. The first-order valence-corrected chi connectivity index (χ1v) is 11.7. The number of anilines is 1. The molecule has 2 aliphatic heterocycles. The van der Waals surface area contributed by atoms with E-state index in [4.69, 9.17) is 4.74 Å². The number of para-hydroxylation sites is 1. The Morgan fingerprint density at radius 2 is 1.81 bits per heavy atom. The number of nitrogens with zero attached hydrogens (tertiary/aromatic N) is 3. The molecule has 0 unspecified atom stereocenters. The molecule has 164 valence electrons. The lowest BCUT2D eigenvalue weighted by Gasteiger charge is -2.23. The van der Waals surface area contributed by atoms with Crippen molar-refractivity contribution in [2.75, 3.05) is 24.6 Å². The summed E-state index contributed by atoms with van der Waals surface area (Å²) in [7, 11) is 0. The summed E-state index contributed by atoms with van der Waals surface area (Å²) in [6.45, 7) is 1.39. The van der Waals surface area contributed by atoms with Crippen molar-refractivity contribution in [3.8, 4) is 0 Å². The third-order valence-corrected chi connectivity index (χ3v) is 6.93. The second-order valence-corrected chi connectivity index (χ2v) is 9.02. The molecule has 32 heavy (non-hydrogen) atoms. The summed E-state index contributed by atoms with van der Waals surface area (Å²) >= 11 is 1.49. The van der Waals surface area contributed by atoms with Crippen LogP contribution >= 0.6 is 11.3 Å². The van der Waals surface area contributed by atoms with Crippen LogP contribution in [0.4, 0.5) is 5.13 Å². The van der Waals surface area contributed by atoms with E-state index in [1.54, 1.807) is 29.2 Å². The van der Waals surface area contributed by atoms with Gasteiger partial charge in [-0.1, -0.05) is 35.6 Å². The molecule has 0 radical (unpaired) electrons. The summed E-state index contributed by atoms with van der Waals surface area (Å²) in [6.07, 6.45) is 2.53. The standard InChI is InChI=1S/C24H23N3O4S/c28-21(12-5-13-26-22(29)17-8-1-2-9-18(17)23(26)30)27(15-16-7-6-14-31-16)24-25-19-10-3-4-11-20(19)32-24/h1-4,8-11,16H,5-7,12-15H2/t16-/m0/s1. The Hall–Kier alpha value is -3.10. The number of hydrogen-bond acceptors (Lipinski definition) is 6. The van der Waals surface area contributed by atoms with E-state index in [1.807, 2.05) is 24.3 Å². The van der Waals surface area contributed by atoms with Crippen LogP contribution in [0.1, 0.15) is 46.4 Å². The lowest BCUT2D eigenvalue weighted by molar-refractivity contribution is -0.119. The highest BCUT2D eigenvalue weighted by atomic mass is 32.1. The van der Waals surface area contributed by atoms with E-state index >= 15 is 0 Å². The molecule has 1 aromatic heterocycles. The largest absolute Gasteiger partial charge is 0.376 e. The predicted molar refractivity (Wildman–Crippen MR) is 122 cm³/mol. The van der Waals surface area contributed by atoms with Crippen molar-refractivity contribution in [2.24, 2.45) is 0 Å². The zero-order valence-corrected chi connectivity index (χ0v) is 18.3. The van der Waals surface area contributed by atoms with Crippen LogP contribution in [0.15, 0.2) is 48.5 Å². The highest BCUT2D eigenvalue weighted by Crippen LogP contribution is 2.30. The number of fused-ring (bicyclic) bond motifs is 2. The Bertz CT molecular complexity index is 1120. The minimum absolute atomic E-state index is 0.00204. The van der Waals surface area contributed by atoms with Gasteiger partial charge in [-0.2, -0.15) is 0 Å². The number of hydrogen-bond donors (Lipinski definition) is 0. The summed E-state index contributed by atoms with van der Waals surface area (Å²) < 4.78 is 6.79. The van der Waals surface area contributed by atoms with Gasteiger partial charge in [-0.3, -0.25) is 24.2 Å². The third-order valence-electron chi connectivity index (χ3n) is 5.88. The van der Waals surface area contributed by atoms with Crippen LogP contribution in [0, 0.1) is 0 Å². The average Bonchev–Trinajstić information content (AvgIpc) is 3.53. The van der Waals surface area contributed by atoms with Crippen LogP contribution in [0.25, 0.3) is 10.2 Å². The number of carbonyl (C=O) groups is 3. The molecule has 2 aromatic carbocycles. The first kappa shape index (κ1) is 20.8. The Morgan fingerprint density at radius 3 is 2.50 bits per heavy atom. The number of thiazole rings is 1. The lowest BCUT2D eigenvalue weighted by atomic mass is 10.1. The van der Waals surface area contributed by atoms with Gasteiger partial charge in [0.05, 0.1) is 34.0 Å². The molecule has 0 bridgehead atoms. The van der Waals surface area contributed by atoms with E-state index < -0.39 is 0 Å². The highest BCUT2D eigenvalue weighted by molar-refractivity contribution is 7.22. The van der Waals surface area contributed by atoms with Gasteiger partial charge in [0.15, 0.2) is 5.13 Å². The SMILES string of the molecule is O=C1c2ccccc2C(=O)N1CCCC(=O)N(C[C@@H]1CCCO1)c1nc2ccccc2s1. The van der Waals surface area contributed by atoms with Crippen molar-refractivity contribution >= 4 is 44.4 Å². The molecular weight excluding hydrogens is 426 g/mol. The number of imide groups is 1. The van der Waals surface area contributed by atoms with Crippen LogP contribution in [0.5, 0.6) is 0 Å². The zero-order chi connectivity index (χ0) is 22.1. The molecule has 0 saturated carbocycles. The fraction of sp³-hybridized carbons (Fsp3) is 0.333. The maximum Gasteiger partial charge on any atom is 0.261 e. The molecule has 3 aromatic rings. The van der Waals surface area contributed by atoms with Crippen LogP contribution in [0.2, 0.25) is 0 Å². The number of aromatic nitrogens is 1. The maximum atomic E-state index is 13.2. The molecule has 0 spiro atoms. The zero-order valence-electron chi connectivity index (χ0n) is 17.5. The van der Waals surface area contributed by atoms with Gasteiger partial charge in [0.1, 0.15) is 0 Å². The van der Waals surface area contributed by atoms with E-state index in [9.17, 15) is 14.4 Å². The number of amides is 3. The van der Waals surface area contributed by atoms with Gasteiger partial charge in [0.25, 0.3) is 11.8 Å². The molecule has 0 aliphatic carbocycles. The van der Waals surface area contributed by atoms with Gasteiger partial charge < -0.3 is 4.74 Å². The van der Waals surface area contributed by atoms with Gasteiger partial charge in [0, 0.05) is 19.6 Å². The number of carbonyl (C=O) groups excluding carboxylic acids is 3. The van der Waals surface area contributed by atoms with Crippen molar-refractivity contribution in [2.45, 2.75) is 31.8 Å². The summed E-state index contributed by atoms with van der Waals surface area (Å²) in [5.74, 6) is -0.656. The van der Waals surface area contributed by atoms with Crippen molar-refractivity contribution in [1.29, 1.82) is 0 Å². The van der Waals surface area contributed by atoms with Crippen molar-refractivity contribution in [3.05, 3.63) is 59.7 Å². The molecule has 0 N–H and O–H groups in total. The molecule has 2 aliphatic rings. The third kappa shape index (κ3) is 3.91. The Kier molecular flexibility index (Phi) is 5.71. The number of rotatable bonds is 7. The smallest absolute Gasteiger partial charge is 0.261 e. The summed E-state index contributed by atoms with van der Waals surface area (Å²) in [6, 6.07) is 14.6. The van der Waals surface area contributed by atoms with E-state index in [1.165, 1.54) is 16.2 Å². The summed E-state index contributed by atoms with van der Waals surface area (Å²) in [4.78, 5) is 45.9. The van der Waals surface area contributed by atoms with Crippen molar-refractivity contribution < 1.29 is 19.1 Å². The molecule has 8 heteroatoms. The van der Waals surface area contributed by atoms with Crippen LogP contribution in [0.3, 0.4) is 0 Å². The van der Waals surface area contributed by atoms with E-state index in [0.29, 0.717) is 35.8 Å². The number of ether oxygens (including phenoxy) is 1. The summed E-state index contributed by atoms with van der Waals surface area (Å²) in [5, 5.41) is 0.660. The van der Waals surface area contributed by atoms with Crippen molar-refractivity contribution in [1.82, 2.24) is 9.88 Å². The molecule has 1 saturated heterocycles. The predicted octanol–water partition coefficient (Wildman–Crippen LogP) is 3.88. The second kappa shape index (κ2) is 8.80. The van der Waals surface area contributed by atoms with Crippen LogP contribution in [-0.2, 0) is 9.53 Å². The fourth-order valence-electron chi connectivity index (χ4n) is 4.22. The van der Waals surface area contributed by atoms with Crippen LogP contribution in [-0.4, -0.2) is 53.4 Å². The van der Waals surface area contributed by atoms with Gasteiger partial charge >= 0.3 is 0 Å². The molecule has 1 atom stereocenters. The monoisotopic (exact) mass is 449 g/mol. The van der Waals surface area contributed by atoms with E-state index in [2.05, 4.69) is 4.98 Å². The second-order valence-electron chi connectivity index (χ2n) is 8.01. The van der Waals surface area contributed by atoms with E-state index in [-0.39, 0.29) is 36.8 Å². The number of benzene rings is 2. The quantitative estimate of drug-likeness (QED) is 0.512. The molecule has 3 heterocycles. The topological polar surface area (TPSA) is 79.8 Å². The molecular formula is C24H23N3O4S. The van der Waals surface area contributed by atoms with Gasteiger partial charge in [0.2, 0.25) is 5.91 Å². The molecule has 5 rings (SSSR count). The molecule has 7 nitrogen and oxygen atoms in total. The van der Waals surface area contributed by atoms with Crippen LogP contribution < -0.4 is 4.90 Å². The van der Waals surface area contributed by atoms with Gasteiger partial charge in [-0.25, -0.2) is 4.98 Å². The minimum Gasteiger partial charge on any atom is -0.376 e. The average molecular weight is 450 g/mol. The van der Waals surface area contributed by atoms with E-state index in [0.717, 1.165) is 23.1 Å². The Labute approximate surface area is 189 Å².